The van der Waals surface area contributed by atoms with E-state index in [0.29, 0.717) is 18.7 Å². The molecule has 0 bridgehead atoms. The van der Waals surface area contributed by atoms with Crippen LogP contribution in [0, 0.1) is 6.92 Å². The van der Waals surface area contributed by atoms with Crippen LogP contribution in [0.5, 0.6) is 5.75 Å². The number of ether oxygens (including phenoxy) is 1. The van der Waals surface area contributed by atoms with Gasteiger partial charge in [-0.3, -0.25) is 9.59 Å². The third-order valence-electron chi connectivity index (χ3n) is 5.87. The SMILES string of the molecule is CCc1ccc(OCC(=O)N(Cc2ccc(C)cc2)[C@@H](Cc2ccccc2)C(=O)NC(C)C)cc1. The van der Waals surface area contributed by atoms with Gasteiger partial charge in [-0.2, -0.15) is 0 Å². The molecule has 35 heavy (non-hydrogen) atoms. The summed E-state index contributed by atoms with van der Waals surface area (Å²) in [6, 6.07) is 24.9. The molecule has 0 aliphatic rings. The molecule has 0 spiro atoms. The standard InChI is InChI=1S/C30H36N2O3/c1-5-24-15-17-27(18-16-24)35-21-29(33)32(20-26-13-11-23(4)12-14-26)28(30(34)31-22(2)3)19-25-9-7-6-8-10-25/h6-18,22,28H,5,19-21H2,1-4H3,(H,31,34)/t28-/m0/s1. The van der Waals surface area contributed by atoms with Crippen LogP contribution < -0.4 is 10.1 Å². The lowest BCUT2D eigenvalue weighted by atomic mass is 10.0. The lowest BCUT2D eigenvalue weighted by Gasteiger charge is -2.32. The Morgan fingerprint density at radius 2 is 1.49 bits per heavy atom. The van der Waals surface area contributed by atoms with E-state index in [1.165, 1.54) is 5.56 Å². The Morgan fingerprint density at radius 1 is 0.857 bits per heavy atom. The van der Waals surface area contributed by atoms with Crippen molar-refractivity contribution in [2.75, 3.05) is 6.61 Å². The molecule has 3 aromatic carbocycles. The van der Waals surface area contributed by atoms with E-state index < -0.39 is 6.04 Å². The summed E-state index contributed by atoms with van der Waals surface area (Å²) in [5.74, 6) is 0.235. The average molecular weight is 473 g/mol. The van der Waals surface area contributed by atoms with E-state index in [4.69, 9.17) is 4.74 Å². The van der Waals surface area contributed by atoms with Gasteiger partial charge in [-0.05, 0) is 56.0 Å². The molecule has 5 nitrogen and oxygen atoms in total. The number of aryl methyl sites for hydroxylation is 2. The zero-order chi connectivity index (χ0) is 25.2. The van der Waals surface area contributed by atoms with Crippen molar-refractivity contribution < 1.29 is 14.3 Å². The van der Waals surface area contributed by atoms with Crippen molar-refractivity contribution in [1.82, 2.24) is 10.2 Å². The minimum Gasteiger partial charge on any atom is -0.484 e. The smallest absolute Gasteiger partial charge is 0.261 e. The zero-order valence-corrected chi connectivity index (χ0v) is 21.2. The number of benzene rings is 3. The summed E-state index contributed by atoms with van der Waals surface area (Å²) >= 11 is 0. The van der Waals surface area contributed by atoms with Crippen LogP contribution >= 0.6 is 0 Å². The number of nitrogens with zero attached hydrogens (tertiary/aromatic N) is 1. The summed E-state index contributed by atoms with van der Waals surface area (Å²) in [6.45, 7) is 8.15. The van der Waals surface area contributed by atoms with Crippen LogP contribution in [0.15, 0.2) is 78.9 Å². The molecule has 1 atom stereocenters. The summed E-state index contributed by atoms with van der Waals surface area (Å²) in [7, 11) is 0. The number of amides is 2. The van der Waals surface area contributed by atoms with Crippen molar-refractivity contribution in [3.8, 4) is 5.75 Å². The first-order chi connectivity index (χ1) is 16.9. The van der Waals surface area contributed by atoms with Crippen molar-refractivity contribution in [3.63, 3.8) is 0 Å². The topological polar surface area (TPSA) is 58.6 Å². The number of hydrogen-bond donors (Lipinski definition) is 1. The Bertz CT molecular complexity index is 1080. The van der Waals surface area contributed by atoms with Gasteiger partial charge in [0.25, 0.3) is 5.91 Å². The van der Waals surface area contributed by atoms with Crippen LogP contribution in [0.1, 0.15) is 43.0 Å². The number of carbonyl (C=O) groups is 2. The van der Waals surface area contributed by atoms with Crippen LogP contribution in [-0.2, 0) is 29.0 Å². The minimum atomic E-state index is -0.667. The highest BCUT2D eigenvalue weighted by molar-refractivity contribution is 5.88. The van der Waals surface area contributed by atoms with Gasteiger partial charge in [-0.1, -0.05) is 79.2 Å². The van der Waals surface area contributed by atoms with Crippen LogP contribution in [-0.4, -0.2) is 35.4 Å². The molecule has 0 saturated heterocycles. The molecule has 184 valence electrons. The van der Waals surface area contributed by atoms with Crippen LogP contribution in [0.3, 0.4) is 0 Å². The fraction of sp³-hybridized carbons (Fsp3) is 0.333. The maximum atomic E-state index is 13.6. The van der Waals surface area contributed by atoms with Gasteiger partial charge in [0.05, 0.1) is 0 Å². The van der Waals surface area contributed by atoms with E-state index in [9.17, 15) is 9.59 Å². The molecule has 0 fully saturated rings. The molecule has 1 N–H and O–H groups in total. The number of carbonyl (C=O) groups excluding carboxylic acids is 2. The van der Waals surface area contributed by atoms with E-state index in [2.05, 4.69) is 12.2 Å². The van der Waals surface area contributed by atoms with E-state index >= 15 is 0 Å². The van der Waals surface area contributed by atoms with Gasteiger partial charge in [0, 0.05) is 19.0 Å². The van der Waals surface area contributed by atoms with Crippen molar-refractivity contribution >= 4 is 11.8 Å². The molecule has 0 unspecified atom stereocenters. The normalized spacial score (nSPS) is 11.7. The Morgan fingerprint density at radius 3 is 2.09 bits per heavy atom. The highest BCUT2D eigenvalue weighted by Gasteiger charge is 2.31. The highest BCUT2D eigenvalue weighted by Crippen LogP contribution is 2.17. The van der Waals surface area contributed by atoms with Crippen molar-refractivity contribution in [1.29, 1.82) is 0 Å². The zero-order valence-electron chi connectivity index (χ0n) is 21.2. The predicted octanol–water partition coefficient (Wildman–Crippen LogP) is 5.10. The molecule has 3 aromatic rings. The Kier molecular flexibility index (Phi) is 9.47. The van der Waals surface area contributed by atoms with Gasteiger partial charge in [-0.15, -0.1) is 0 Å². The second-order valence-electron chi connectivity index (χ2n) is 9.16. The van der Waals surface area contributed by atoms with Crippen molar-refractivity contribution in [2.45, 2.75) is 59.2 Å². The molecule has 0 aromatic heterocycles. The van der Waals surface area contributed by atoms with Gasteiger partial charge in [-0.25, -0.2) is 0 Å². The van der Waals surface area contributed by atoms with Crippen LogP contribution in [0.4, 0.5) is 0 Å². The molecule has 0 radical (unpaired) electrons. The maximum Gasteiger partial charge on any atom is 0.261 e. The van der Waals surface area contributed by atoms with E-state index in [-0.39, 0.29) is 24.5 Å². The highest BCUT2D eigenvalue weighted by atomic mass is 16.5. The molecule has 3 rings (SSSR count). The minimum absolute atomic E-state index is 0.0366. The first kappa shape index (κ1) is 26.0. The molecule has 0 saturated carbocycles. The van der Waals surface area contributed by atoms with E-state index in [1.54, 1.807) is 4.90 Å². The third-order valence-corrected chi connectivity index (χ3v) is 5.87. The third kappa shape index (κ3) is 7.99. The van der Waals surface area contributed by atoms with Gasteiger partial charge >= 0.3 is 0 Å². The number of rotatable bonds is 11. The van der Waals surface area contributed by atoms with Crippen LogP contribution in [0.2, 0.25) is 0 Å². The molecule has 2 amide bonds. The monoisotopic (exact) mass is 472 g/mol. The average Bonchev–Trinajstić information content (AvgIpc) is 2.86. The second-order valence-corrected chi connectivity index (χ2v) is 9.16. The molecule has 0 aliphatic heterocycles. The molecule has 0 heterocycles. The first-order valence-electron chi connectivity index (χ1n) is 12.3. The summed E-state index contributed by atoms with van der Waals surface area (Å²) in [6.07, 6.45) is 1.36. The number of nitrogens with one attached hydrogen (secondary N) is 1. The molecular weight excluding hydrogens is 436 g/mol. The lowest BCUT2D eigenvalue weighted by Crippen LogP contribution is -2.52. The largest absolute Gasteiger partial charge is 0.484 e. The summed E-state index contributed by atoms with van der Waals surface area (Å²) in [5.41, 5.74) is 4.31. The summed E-state index contributed by atoms with van der Waals surface area (Å²) < 4.78 is 5.84. The van der Waals surface area contributed by atoms with Gasteiger partial charge in [0.2, 0.25) is 5.91 Å². The quantitative estimate of drug-likeness (QED) is 0.422. The molecule has 0 aliphatic carbocycles. The van der Waals surface area contributed by atoms with E-state index in [0.717, 1.165) is 23.1 Å². The van der Waals surface area contributed by atoms with Gasteiger partial charge in [0.1, 0.15) is 11.8 Å². The molecule has 5 heteroatoms. The fourth-order valence-electron chi connectivity index (χ4n) is 3.87. The van der Waals surface area contributed by atoms with Crippen LogP contribution in [0.25, 0.3) is 0 Å². The van der Waals surface area contributed by atoms with Gasteiger partial charge in [0.15, 0.2) is 6.61 Å². The Hall–Kier alpha value is -3.60. The lowest BCUT2D eigenvalue weighted by molar-refractivity contribution is -0.143. The van der Waals surface area contributed by atoms with Crippen molar-refractivity contribution in [3.05, 3.63) is 101 Å². The van der Waals surface area contributed by atoms with E-state index in [1.807, 2.05) is 99.6 Å². The summed E-state index contributed by atoms with van der Waals surface area (Å²) in [4.78, 5) is 28.5. The van der Waals surface area contributed by atoms with Gasteiger partial charge < -0.3 is 15.0 Å². The van der Waals surface area contributed by atoms with Crippen molar-refractivity contribution in [2.24, 2.45) is 0 Å². The molecular formula is C30H36N2O3. The maximum absolute atomic E-state index is 13.6. The summed E-state index contributed by atoms with van der Waals surface area (Å²) in [5, 5.41) is 3.01. The second kappa shape index (κ2) is 12.7. The first-order valence-corrected chi connectivity index (χ1v) is 12.3. The predicted molar refractivity (Wildman–Crippen MR) is 140 cm³/mol. The fourth-order valence-corrected chi connectivity index (χ4v) is 3.87. The Balaban J connectivity index is 1.87. The number of hydrogen-bond acceptors (Lipinski definition) is 3. The Labute approximate surface area is 209 Å².